The Bertz CT molecular complexity index is 727. The Morgan fingerprint density at radius 3 is 2.48 bits per heavy atom. The van der Waals surface area contributed by atoms with Gasteiger partial charge in [0.05, 0.1) is 7.11 Å². The molecule has 112 valence electrons. The molecule has 0 radical (unpaired) electrons. The number of carbonyl (C=O) groups excluding carboxylic acids is 1. The van der Waals surface area contributed by atoms with Gasteiger partial charge in [0, 0.05) is 12.4 Å². The fraction of sp³-hybridized carbons (Fsp3) is 0.154. The first kappa shape index (κ1) is 16.4. The molecular weight excluding hydrogens is 294 g/mol. The van der Waals surface area contributed by atoms with Gasteiger partial charge in [-0.2, -0.15) is 0 Å². The number of para-hydroxylation sites is 1. The first-order chi connectivity index (χ1) is 9.90. The van der Waals surface area contributed by atoms with Crippen LogP contribution in [0.2, 0.25) is 0 Å². The minimum absolute atomic E-state index is 0.166. The van der Waals surface area contributed by atoms with Crippen LogP contribution in [0.3, 0.4) is 0 Å². The van der Waals surface area contributed by atoms with Gasteiger partial charge in [-0.15, -0.1) is 0 Å². The monoisotopic (exact) mass is 309 g/mol. The fourth-order valence-corrected chi connectivity index (χ4v) is 1.45. The summed E-state index contributed by atoms with van der Waals surface area (Å²) >= 11 is 4.36. The Morgan fingerprint density at radius 2 is 2.00 bits per heavy atom. The number of methoxy groups -OCH3 is 1. The summed E-state index contributed by atoms with van der Waals surface area (Å²) in [5.41, 5.74) is 9.34. The van der Waals surface area contributed by atoms with Gasteiger partial charge in [-0.1, -0.05) is 12.1 Å². The maximum atomic E-state index is 11.4. The first-order valence-electron chi connectivity index (χ1n) is 5.78. The van der Waals surface area contributed by atoms with Crippen LogP contribution in [0, 0.1) is 0 Å². The number of hydrogen-bond donors (Lipinski definition) is 3. The van der Waals surface area contributed by atoms with Crippen molar-refractivity contribution in [2.75, 3.05) is 14.2 Å². The number of carbonyl (C=O) groups is 1. The third kappa shape index (κ3) is 4.18. The lowest BCUT2D eigenvalue weighted by atomic mass is 10.1. The molecule has 0 aliphatic rings. The van der Waals surface area contributed by atoms with E-state index in [0.717, 1.165) is 0 Å². The van der Waals surface area contributed by atoms with Crippen molar-refractivity contribution in [2.24, 2.45) is 11.5 Å². The Hall–Kier alpha value is -2.61. The molecule has 0 atom stereocenters. The zero-order chi connectivity index (χ0) is 16.0. The van der Waals surface area contributed by atoms with E-state index >= 15 is 0 Å². The van der Waals surface area contributed by atoms with Crippen LogP contribution in [0.15, 0.2) is 33.5 Å². The fourth-order valence-electron chi connectivity index (χ4n) is 1.45. The lowest BCUT2D eigenvalue weighted by Gasteiger charge is -2.03. The number of fused-ring (bicyclic) bond motifs is 1. The first-order valence-corrected chi connectivity index (χ1v) is 6.19. The molecule has 8 heteroatoms. The van der Waals surface area contributed by atoms with E-state index in [0.29, 0.717) is 21.8 Å². The minimum Gasteiger partial charge on any atom is -0.493 e. The zero-order valence-corrected chi connectivity index (χ0v) is 12.3. The number of nitrogens with two attached hydrogens (primary N) is 2. The summed E-state index contributed by atoms with van der Waals surface area (Å²) in [5.74, 6) is -0.371. The van der Waals surface area contributed by atoms with Gasteiger partial charge in [-0.05, 0) is 24.4 Å². The van der Waals surface area contributed by atoms with Crippen LogP contribution in [0.1, 0.15) is 10.4 Å². The predicted molar refractivity (Wildman–Crippen MR) is 83.4 cm³/mol. The van der Waals surface area contributed by atoms with Crippen molar-refractivity contribution in [2.45, 2.75) is 0 Å². The smallest absolute Gasteiger partial charge is 0.349 e. The molecule has 1 amide bonds. The molecule has 7 nitrogen and oxygen atoms in total. The van der Waals surface area contributed by atoms with Crippen LogP contribution < -0.4 is 27.1 Å². The number of benzene rings is 1. The van der Waals surface area contributed by atoms with Crippen LogP contribution in [-0.4, -0.2) is 25.2 Å². The van der Waals surface area contributed by atoms with Crippen LogP contribution in [0.5, 0.6) is 5.75 Å². The average Bonchev–Trinajstić information content (AvgIpc) is 2.46. The van der Waals surface area contributed by atoms with E-state index in [-0.39, 0.29) is 5.56 Å². The number of ether oxygens (including phenoxy) is 1. The maximum Gasteiger partial charge on any atom is 0.349 e. The van der Waals surface area contributed by atoms with E-state index in [9.17, 15) is 9.59 Å². The summed E-state index contributed by atoms with van der Waals surface area (Å²) in [6.07, 6.45) is 0. The Morgan fingerprint density at radius 1 is 1.38 bits per heavy atom. The molecule has 1 heterocycles. The summed E-state index contributed by atoms with van der Waals surface area (Å²) in [5, 5.41) is 3.47. The third-order valence-electron chi connectivity index (χ3n) is 2.46. The van der Waals surface area contributed by atoms with Crippen LogP contribution in [0.4, 0.5) is 0 Å². The molecular formula is C13H15N3O4S. The van der Waals surface area contributed by atoms with Crippen molar-refractivity contribution in [1.82, 2.24) is 5.32 Å². The maximum absolute atomic E-state index is 11.4. The topological polar surface area (TPSA) is 121 Å². The summed E-state index contributed by atoms with van der Waals surface area (Å²) in [7, 11) is 3.15. The lowest BCUT2D eigenvalue weighted by molar-refractivity contribution is 0.0997. The molecule has 2 rings (SSSR count). The van der Waals surface area contributed by atoms with Crippen molar-refractivity contribution in [3.8, 4) is 5.75 Å². The van der Waals surface area contributed by atoms with Crippen molar-refractivity contribution in [1.29, 1.82) is 0 Å². The van der Waals surface area contributed by atoms with Crippen LogP contribution in [-0.2, 0) is 0 Å². The zero-order valence-electron chi connectivity index (χ0n) is 11.5. The number of primary amides is 1. The number of thiocarbonyl (C=S) groups is 1. The second kappa shape index (κ2) is 7.25. The largest absolute Gasteiger partial charge is 0.493 e. The second-order valence-corrected chi connectivity index (χ2v) is 4.24. The van der Waals surface area contributed by atoms with E-state index in [2.05, 4.69) is 17.5 Å². The molecule has 0 fully saturated rings. The van der Waals surface area contributed by atoms with Gasteiger partial charge in [-0.3, -0.25) is 4.79 Å². The summed E-state index contributed by atoms with van der Waals surface area (Å²) < 4.78 is 10.0. The third-order valence-corrected chi connectivity index (χ3v) is 2.66. The van der Waals surface area contributed by atoms with Crippen molar-refractivity contribution >= 4 is 34.2 Å². The molecule has 21 heavy (non-hydrogen) atoms. The Kier molecular flexibility index (Phi) is 5.67. The second-order valence-electron chi connectivity index (χ2n) is 3.80. The normalized spacial score (nSPS) is 9.43. The molecule has 1 aromatic heterocycles. The van der Waals surface area contributed by atoms with Gasteiger partial charge in [0.25, 0.3) is 5.91 Å². The van der Waals surface area contributed by atoms with Gasteiger partial charge >= 0.3 is 5.63 Å². The van der Waals surface area contributed by atoms with Crippen molar-refractivity contribution in [3.63, 3.8) is 0 Å². The molecule has 0 unspecified atom stereocenters. The molecule has 0 saturated heterocycles. The van der Waals surface area contributed by atoms with E-state index < -0.39 is 11.5 Å². The molecule has 0 bridgehead atoms. The van der Waals surface area contributed by atoms with Gasteiger partial charge in [0.2, 0.25) is 0 Å². The number of amides is 1. The molecule has 2 aromatic rings. The Labute approximate surface area is 125 Å². The van der Waals surface area contributed by atoms with E-state index in [1.807, 2.05) is 0 Å². The van der Waals surface area contributed by atoms with Crippen molar-refractivity contribution < 1.29 is 13.9 Å². The van der Waals surface area contributed by atoms with E-state index in [4.69, 9.17) is 20.6 Å². The summed E-state index contributed by atoms with van der Waals surface area (Å²) in [6, 6.07) is 6.49. The van der Waals surface area contributed by atoms with Gasteiger partial charge in [0.15, 0.2) is 16.4 Å². The molecule has 0 aliphatic heterocycles. The molecule has 5 N–H and O–H groups in total. The van der Waals surface area contributed by atoms with Gasteiger partial charge in [-0.25, -0.2) is 4.79 Å². The van der Waals surface area contributed by atoms with E-state index in [1.54, 1.807) is 25.2 Å². The highest BCUT2D eigenvalue weighted by Gasteiger charge is 2.12. The predicted octanol–water partition coefficient (Wildman–Crippen LogP) is 0.350. The standard InChI is InChI=1S/C11H9NO4.C2H6N2S/c1-15-8-4-2-3-6-5-7(10(12)13)11(14)16-9(6)8;1-4-2(3)5/h2-5H,1H3,(H2,12,13);1H3,(H3,3,4,5). The van der Waals surface area contributed by atoms with Crippen molar-refractivity contribution in [3.05, 3.63) is 40.2 Å². The van der Waals surface area contributed by atoms with Gasteiger partial charge in [0.1, 0.15) is 5.56 Å². The number of hydrogen-bond acceptors (Lipinski definition) is 5. The highest BCUT2D eigenvalue weighted by molar-refractivity contribution is 7.80. The molecule has 0 aliphatic carbocycles. The Balaban J connectivity index is 0.000000383. The highest BCUT2D eigenvalue weighted by Crippen LogP contribution is 2.24. The minimum atomic E-state index is -0.807. The van der Waals surface area contributed by atoms with Crippen LogP contribution >= 0.6 is 12.2 Å². The number of rotatable bonds is 2. The van der Waals surface area contributed by atoms with Gasteiger partial charge < -0.3 is 25.9 Å². The summed E-state index contributed by atoms with van der Waals surface area (Å²) in [6.45, 7) is 0. The summed E-state index contributed by atoms with van der Waals surface area (Å²) in [4.78, 5) is 22.4. The molecule has 1 aromatic carbocycles. The van der Waals surface area contributed by atoms with E-state index in [1.165, 1.54) is 13.2 Å². The quantitative estimate of drug-likeness (QED) is 0.540. The number of nitrogens with one attached hydrogen (secondary N) is 1. The molecule has 0 spiro atoms. The SMILES string of the molecule is CNC(N)=S.COc1cccc2cc(C(N)=O)c(=O)oc12. The average molecular weight is 309 g/mol. The molecule has 0 saturated carbocycles. The highest BCUT2D eigenvalue weighted by atomic mass is 32.1. The lowest BCUT2D eigenvalue weighted by Crippen LogP contribution is -2.24. The van der Waals surface area contributed by atoms with Crippen LogP contribution in [0.25, 0.3) is 11.0 Å².